The quantitative estimate of drug-likeness (QED) is 0.449. The van der Waals surface area contributed by atoms with E-state index < -0.39 is 42.2 Å². The van der Waals surface area contributed by atoms with Crippen molar-refractivity contribution in [2.45, 2.75) is 24.7 Å². The highest BCUT2D eigenvalue weighted by molar-refractivity contribution is 5.87. The third kappa shape index (κ3) is 5.76. The van der Waals surface area contributed by atoms with Crippen LogP contribution in [-0.4, -0.2) is 40.4 Å². The predicted octanol–water partition coefficient (Wildman–Crippen LogP) is 2.56. The summed E-state index contributed by atoms with van der Waals surface area (Å²) < 4.78 is 74.0. The Bertz CT molecular complexity index is 438. The van der Waals surface area contributed by atoms with Crippen LogP contribution >= 0.6 is 0 Å². The number of halogens is 6. The SMILES string of the molecule is O=C(O)C=CC=C(CC(F)(F)C(F)C(F)(F)F)C(=O)O. The molecule has 2 N–H and O–H groups in total. The fourth-order valence-electron chi connectivity index (χ4n) is 1.04. The maximum atomic E-state index is 13.0. The third-order valence-corrected chi connectivity index (χ3v) is 1.90. The summed E-state index contributed by atoms with van der Waals surface area (Å²) in [5.74, 6) is -8.54. The molecule has 10 heteroatoms. The van der Waals surface area contributed by atoms with Gasteiger partial charge in [0.1, 0.15) is 0 Å². The zero-order valence-corrected chi connectivity index (χ0v) is 9.50. The summed E-state index contributed by atoms with van der Waals surface area (Å²) >= 11 is 0. The van der Waals surface area contributed by atoms with Crippen molar-refractivity contribution in [2.24, 2.45) is 0 Å². The minimum atomic E-state index is -5.84. The molecule has 0 fully saturated rings. The highest BCUT2D eigenvalue weighted by Crippen LogP contribution is 2.38. The number of hydrogen-bond donors (Lipinski definition) is 2. The predicted molar refractivity (Wildman–Crippen MR) is 53.0 cm³/mol. The average molecular weight is 306 g/mol. The molecular formula is C10H8F6O4. The van der Waals surface area contributed by atoms with E-state index in [-0.39, 0.29) is 0 Å². The number of carboxylic acids is 2. The first-order valence-electron chi connectivity index (χ1n) is 4.80. The minimum absolute atomic E-state index is 0.355. The molecule has 114 valence electrons. The van der Waals surface area contributed by atoms with Crippen LogP contribution in [0.15, 0.2) is 23.8 Å². The molecule has 0 aromatic carbocycles. The van der Waals surface area contributed by atoms with E-state index in [0.29, 0.717) is 18.2 Å². The normalized spacial score (nSPS) is 15.4. The summed E-state index contributed by atoms with van der Waals surface area (Å²) in [5.41, 5.74) is -1.26. The van der Waals surface area contributed by atoms with E-state index in [4.69, 9.17) is 10.2 Å². The van der Waals surface area contributed by atoms with Gasteiger partial charge in [-0.25, -0.2) is 22.8 Å². The van der Waals surface area contributed by atoms with E-state index in [9.17, 15) is 35.9 Å². The summed E-state index contributed by atoms with van der Waals surface area (Å²) in [6.07, 6.45) is -11.1. The van der Waals surface area contributed by atoms with Gasteiger partial charge in [0.25, 0.3) is 12.1 Å². The molecule has 0 radical (unpaired) electrons. The maximum absolute atomic E-state index is 13.0. The summed E-state index contributed by atoms with van der Waals surface area (Å²) in [7, 11) is 0. The second-order valence-corrected chi connectivity index (χ2v) is 3.54. The third-order valence-electron chi connectivity index (χ3n) is 1.90. The van der Waals surface area contributed by atoms with Crippen LogP contribution < -0.4 is 0 Å². The van der Waals surface area contributed by atoms with Crippen LogP contribution in [0, 0.1) is 0 Å². The number of carboxylic acid groups (broad SMARTS) is 2. The highest BCUT2D eigenvalue weighted by Gasteiger charge is 2.57. The van der Waals surface area contributed by atoms with Gasteiger partial charge in [0.2, 0.25) is 0 Å². The number of hydrogen-bond acceptors (Lipinski definition) is 2. The van der Waals surface area contributed by atoms with E-state index >= 15 is 0 Å². The van der Waals surface area contributed by atoms with Crippen LogP contribution in [0.1, 0.15) is 6.42 Å². The fraction of sp³-hybridized carbons (Fsp3) is 0.400. The van der Waals surface area contributed by atoms with Crippen LogP contribution in [0.3, 0.4) is 0 Å². The molecule has 0 saturated heterocycles. The van der Waals surface area contributed by atoms with Crippen molar-refractivity contribution >= 4 is 11.9 Å². The molecule has 0 bridgehead atoms. The van der Waals surface area contributed by atoms with Gasteiger partial charge in [-0.1, -0.05) is 12.2 Å². The van der Waals surface area contributed by atoms with E-state index in [0.717, 1.165) is 0 Å². The van der Waals surface area contributed by atoms with Crippen LogP contribution in [0.25, 0.3) is 0 Å². The minimum Gasteiger partial charge on any atom is -0.478 e. The fourth-order valence-corrected chi connectivity index (χ4v) is 1.04. The largest absolute Gasteiger partial charge is 0.478 e. The number of rotatable bonds is 6. The van der Waals surface area contributed by atoms with Crippen molar-refractivity contribution in [3.05, 3.63) is 23.8 Å². The Balaban J connectivity index is 5.19. The molecular weight excluding hydrogens is 298 g/mol. The number of alkyl halides is 6. The summed E-state index contributed by atoms with van der Waals surface area (Å²) in [5, 5.41) is 16.7. The lowest BCUT2D eigenvalue weighted by Crippen LogP contribution is -2.42. The molecule has 0 heterocycles. The molecule has 0 saturated carbocycles. The van der Waals surface area contributed by atoms with Crippen LogP contribution in [-0.2, 0) is 9.59 Å². The zero-order valence-electron chi connectivity index (χ0n) is 9.50. The Morgan fingerprint density at radius 2 is 1.60 bits per heavy atom. The van der Waals surface area contributed by atoms with E-state index in [1.807, 2.05) is 0 Å². The van der Waals surface area contributed by atoms with Crippen molar-refractivity contribution in [3.8, 4) is 0 Å². The van der Waals surface area contributed by atoms with Gasteiger partial charge in [0.15, 0.2) is 0 Å². The number of carbonyl (C=O) groups is 2. The van der Waals surface area contributed by atoms with Crippen LogP contribution in [0.5, 0.6) is 0 Å². The van der Waals surface area contributed by atoms with Crippen LogP contribution in [0.2, 0.25) is 0 Å². The highest BCUT2D eigenvalue weighted by atomic mass is 19.4. The summed E-state index contributed by atoms with van der Waals surface area (Å²) in [6.45, 7) is 0. The second kappa shape index (κ2) is 6.44. The first-order valence-corrected chi connectivity index (χ1v) is 4.80. The van der Waals surface area contributed by atoms with Gasteiger partial charge >= 0.3 is 18.1 Å². The lowest BCUT2D eigenvalue weighted by Gasteiger charge is -2.22. The Morgan fingerprint density at radius 1 is 1.10 bits per heavy atom. The molecule has 0 aliphatic rings. The van der Waals surface area contributed by atoms with Gasteiger partial charge in [0, 0.05) is 18.1 Å². The molecule has 4 nitrogen and oxygen atoms in total. The van der Waals surface area contributed by atoms with Gasteiger partial charge in [0.05, 0.1) is 0 Å². The number of aliphatic carboxylic acids is 2. The lowest BCUT2D eigenvalue weighted by atomic mass is 10.0. The van der Waals surface area contributed by atoms with Crippen molar-refractivity contribution < 1.29 is 46.1 Å². The second-order valence-electron chi connectivity index (χ2n) is 3.54. The van der Waals surface area contributed by atoms with Crippen molar-refractivity contribution in [2.75, 3.05) is 0 Å². The van der Waals surface area contributed by atoms with Crippen molar-refractivity contribution in [3.63, 3.8) is 0 Å². The number of allylic oxidation sites excluding steroid dienone is 2. The van der Waals surface area contributed by atoms with Gasteiger partial charge < -0.3 is 10.2 Å². The average Bonchev–Trinajstić information content (AvgIpc) is 2.24. The molecule has 0 aromatic heterocycles. The van der Waals surface area contributed by atoms with E-state index in [2.05, 4.69) is 0 Å². The van der Waals surface area contributed by atoms with Crippen molar-refractivity contribution in [1.29, 1.82) is 0 Å². The van der Waals surface area contributed by atoms with Crippen LogP contribution in [0.4, 0.5) is 26.3 Å². The van der Waals surface area contributed by atoms with Gasteiger partial charge in [-0.3, -0.25) is 0 Å². The molecule has 0 aliphatic heterocycles. The topological polar surface area (TPSA) is 74.6 Å². The van der Waals surface area contributed by atoms with Gasteiger partial charge in [-0.2, -0.15) is 13.2 Å². The molecule has 0 aromatic rings. The summed E-state index contributed by atoms with van der Waals surface area (Å²) in [6, 6.07) is 0. The summed E-state index contributed by atoms with van der Waals surface area (Å²) in [4.78, 5) is 20.6. The molecule has 0 aliphatic carbocycles. The van der Waals surface area contributed by atoms with E-state index in [1.165, 1.54) is 0 Å². The molecule has 20 heavy (non-hydrogen) atoms. The molecule has 1 atom stereocenters. The van der Waals surface area contributed by atoms with E-state index in [1.54, 1.807) is 0 Å². The van der Waals surface area contributed by atoms with Gasteiger partial charge in [-0.15, -0.1) is 0 Å². The Labute approximate surface area is 108 Å². The maximum Gasteiger partial charge on any atom is 0.425 e. The monoisotopic (exact) mass is 306 g/mol. The smallest absolute Gasteiger partial charge is 0.425 e. The Kier molecular flexibility index (Phi) is 5.79. The first-order chi connectivity index (χ1) is 8.88. The first kappa shape index (κ1) is 18.0. The van der Waals surface area contributed by atoms with Gasteiger partial charge in [-0.05, 0) is 0 Å². The molecule has 1 unspecified atom stereocenters. The molecule has 0 amide bonds. The molecule has 0 rings (SSSR count). The standard InChI is InChI=1S/C10H8F6O4/c11-8(10(14,15)16)9(12,13)4-5(7(19)20)2-1-3-6(17)18/h1-3,8H,4H2,(H,17,18)(H,19,20). The Morgan fingerprint density at radius 3 is 1.95 bits per heavy atom. The lowest BCUT2D eigenvalue weighted by molar-refractivity contribution is -0.243. The Hall–Kier alpha value is -2.00. The zero-order chi connectivity index (χ0) is 16.1. The van der Waals surface area contributed by atoms with Crippen molar-refractivity contribution in [1.82, 2.24) is 0 Å². The molecule has 0 spiro atoms.